The molecule has 4 heteroatoms. The van der Waals surface area contributed by atoms with Crippen molar-refractivity contribution in [3.8, 4) is 0 Å². The van der Waals surface area contributed by atoms with Gasteiger partial charge >= 0.3 is 5.97 Å². The van der Waals surface area contributed by atoms with Crippen molar-refractivity contribution in [2.75, 3.05) is 7.11 Å². The van der Waals surface area contributed by atoms with E-state index in [1.807, 2.05) is 26.0 Å². The van der Waals surface area contributed by atoms with Crippen LogP contribution < -0.4 is 5.32 Å². The van der Waals surface area contributed by atoms with Crippen LogP contribution >= 0.6 is 0 Å². The zero-order valence-corrected chi connectivity index (χ0v) is 12.2. The third kappa shape index (κ3) is 3.18. The van der Waals surface area contributed by atoms with Crippen LogP contribution in [0.25, 0.3) is 0 Å². The van der Waals surface area contributed by atoms with Crippen molar-refractivity contribution >= 4 is 11.9 Å². The first kappa shape index (κ1) is 14.6. The first-order valence-electron chi connectivity index (χ1n) is 6.97. The van der Waals surface area contributed by atoms with Crippen molar-refractivity contribution in [1.82, 2.24) is 5.32 Å². The Hall–Kier alpha value is -1.84. The van der Waals surface area contributed by atoms with Gasteiger partial charge in [0.2, 0.25) is 5.91 Å². The summed E-state index contributed by atoms with van der Waals surface area (Å²) in [7, 11) is 1.37. The predicted octanol–water partition coefficient (Wildman–Crippen LogP) is 2.62. The van der Waals surface area contributed by atoms with E-state index in [0.29, 0.717) is 17.9 Å². The third-order valence-electron chi connectivity index (χ3n) is 3.58. The molecular weight excluding hydrogens is 254 g/mol. The minimum absolute atomic E-state index is 0.0922. The molecule has 4 nitrogen and oxygen atoms in total. The molecule has 108 valence electrons. The molecule has 0 heterocycles. The summed E-state index contributed by atoms with van der Waals surface area (Å²) in [6, 6.07) is 7.29. The molecule has 0 saturated heterocycles. The zero-order chi connectivity index (χ0) is 14.8. The largest absolute Gasteiger partial charge is 0.465 e. The van der Waals surface area contributed by atoms with Crippen LogP contribution in [0.1, 0.15) is 49.0 Å². The fraction of sp³-hybridized carbons (Fsp3) is 0.500. The molecule has 0 spiro atoms. The number of esters is 1. The molecule has 0 aliphatic heterocycles. The molecule has 0 bridgehead atoms. The molecule has 1 aromatic rings. The molecule has 0 atom stereocenters. The van der Waals surface area contributed by atoms with E-state index in [0.717, 1.165) is 18.4 Å². The number of carbonyl (C=O) groups excluding carboxylic acids is 2. The lowest BCUT2D eigenvalue weighted by molar-refractivity contribution is -0.122. The topological polar surface area (TPSA) is 55.4 Å². The first-order valence-corrected chi connectivity index (χ1v) is 6.97. The summed E-state index contributed by atoms with van der Waals surface area (Å²) in [4.78, 5) is 23.3. The van der Waals surface area contributed by atoms with Crippen LogP contribution in [0, 0.1) is 5.92 Å². The Morgan fingerprint density at radius 3 is 2.30 bits per heavy atom. The van der Waals surface area contributed by atoms with Crippen molar-refractivity contribution in [3.05, 3.63) is 35.4 Å². The lowest BCUT2D eigenvalue weighted by Crippen LogP contribution is -2.35. The highest BCUT2D eigenvalue weighted by Crippen LogP contribution is 2.45. The summed E-state index contributed by atoms with van der Waals surface area (Å²) in [6.45, 7) is 4.06. The highest BCUT2D eigenvalue weighted by atomic mass is 16.5. The van der Waals surface area contributed by atoms with Crippen molar-refractivity contribution in [1.29, 1.82) is 0 Å². The van der Waals surface area contributed by atoms with Crippen LogP contribution in [-0.4, -0.2) is 19.0 Å². The molecule has 1 N–H and O–H groups in total. The number of nitrogens with one attached hydrogen (secondary N) is 1. The first-order chi connectivity index (χ1) is 9.47. The second-order valence-electron chi connectivity index (χ2n) is 5.80. The summed E-state index contributed by atoms with van der Waals surface area (Å²) >= 11 is 0. The molecule has 0 aromatic heterocycles. The van der Waals surface area contributed by atoms with E-state index in [1.165, 1.54) is 7.11 Å². The van der Waals surface area contributed by atoms with E-state index < -0.39 is 0 Å². The molecule has 1 saturated carbocycles. The summed E-state index contributed by atoms with van der Waals surface area (Å²) in [6.07, 6.45) is 2.45. The second kappa shape index (κ2) is 5.65. The number of benzene rings is 1. The summed E-state index contributed by atoms with van der Waals surface area (Å²) in [5.74, 6) is 0.104. The number of rotatable bonds is 5. The Morgan fingerprint density at radius 2 is 1.85 bits per heavy atom. The van der Waals surface area contributed by atoms with Crippen molar-refractivity contribution in [3.63, 3.8) is 0 Å². The maximum atomic E-state index is 11.9. The SMILES string of the molecule is COC(=O)c1ccc(C2(NC(=O)CC(C)C)CC2)cc1. The average molecular weight is 275 g/mol. The smallest absolute Gasteiger partial charge is 0.337 e. The van der Waals surface area contributed by atoms with Gasteiger partial charge in [0, 0.05) is 6.42 Å². The van der Waals surface area contributed by atoms with Crippen molar-refractivity contribution < 1.29 is 14.3 Å². The standard InChI is InChI=1S/C16H21NO3/c1-11(2)10-14(18)17-16(8-9-16)13-6-4-12(5-7-13)15(19)20-3/h4-7,11H,8-10H2,1-3H3,(H,17,18). The van der Waals surface area contributed by atoms with Crippen LogP contribution in [0.5, 0.6) is 0 Å². The molecule has 1 aliphatic carbocycles. The number of ether oxygens (including phenoxy) is 1. The zero-order valence-electron chi connectivity index (χ0n) is 12.2. The Balaban J connectivity index is 2.07. The van der Waals surface area contributed by atoms with Crippen molar-refractivity contribution in [2.24, 2.45) is 5.92 Å². The quantitative estimate of drug-likeness (QED) is 0.840. The van der Waals surface area contributed by atoms with E-state index in [-0.39, 0.29) is 17.4 Å². The summed E-state index contributed by atoms with van der Waals surface area (Å²) in [5, 5.41) is 3.12. The van der Waals surface area contributed by atoms with Gasteiger partial charge in [0.1, 0.15) is 0 Å². The van der Waals surface area contributed by atoms with Crippen LogP contribution in [-0.2, 0) is 15.1 Å². The summed E-state index contributed by atoms with van der Waals surface area (Å²) in [5.41, 5.74) is 1.36. The van der Waals surface area contributed by atoms with Gasteiger partial charge in [-0.3, -0.25) is 4.79 Å². The Morgan fingerprint density at radius 1 is 1.25 bits per heavy atom. The van der Waals surface area contributed by atoms with Crippen LogP contribution in [0.2, 0.25) is 0 Å². The fourth-order valence-electron chi connectivity index (χ4n) is 2.34. The van der Waals surface area contributed by atoms with Gasteiger partial charge < -0.3 is 10.1 Å². The molecule has 0 unspecified atom stereocenters. The maximum absolute atomic E-state index is 11.9. The number of hydrogen-bond donors (Lipinski definition) is 1. The van der Waals surface area contributed by atoms with Gasteiger partial charge in [-0.25, -0.2) is 4.79 Å². The van der Waals surface area contributed by atoms with Gasteiger partial charge in [-0.2, -0.15) is 0 Å². The molecular formula is C16H21NO3. The lowest BCUT2D eigenvalue weighted by Gasteiger charge is -2.19. The Kier molecular flexibility index (Phi) is 4.12. The normalized spacial score (nSPS) is 15.8. The minimum Gasteiger partial charge on any atom is -0.465 e. The highest BCUT2D eigenvalue weighted by Gasteiger charge is 2.45. The molecule has 2 rings (SSSR count). The molecule has 20 heavy (non-hydrogen) atoms. The maximum Gasteiger partial charge on any atom is 0.337 e. The van der Waals surface area contributed by atoms with Gasteiger partial charge in [-0.1, -0.05) is 26.0 Å². The Labute approximate surface area is 119 Å². The molecule has 0 radical (unpaired) electrons. The number of methoxy groups -OCH3 is 1. The summed E-state index contributed by atoms with van der Waals surface area (Å²) < 4.78 is 4.68. The van der Waals surface area contributed by atoms with Gasteiger partial charge in [0.15, 0.2) is 0 Å². The molecule has 1 amide bonds. The molecule has 1 aliphatic rings. The molecule has 1 aromatic carbocycles. The number of carbonyl (C=O) groups is 2. The highest BCUT2D eigenvalue weighted by molar-refractivity contribution is 5.89. The third-order valence-corrected chi connectivity index (χ3v) is 3.58. The average Bonchev–Trinajstić information content (AvgIpc) is 3.17. The van der Waals surface area contributed by atoms with E-state index in [4.69, 9.17) is 0 Å². The van der Waals surface area contributed by atoms with Gasteiger partial charge in [0.25, 0.3) is 0 Å². The van der Waals surface area contributed by atoms with Crippen LogP contribution in [0.4, 0.5) is 0 Å². The minimum atomic E-state index is -0.342. The number of amides is 1. The van der Waals surface area contributed by atoms with Crippen LogP contribution in [0.3, 0.4) is 0 Å². The van der Waals surface area contributed by atoms with Gasteiger partial charge in [-0.05, 0) is 36.5 Å². The molecule has 1 fully saturated rings. The van der Waals surface area contributed by atoms with Gasteiger partial charge in [0.05, 0.1) is 18.2 Å². The lowest BCUT2D eigenvalue weighted by atomic mass is 10.0. The predicted molar refractivity (Wildman–Crippen MR) is 76.3 cm³/mol. The monoisotopic (exact) mass is 275 g/mol. The van der Waals surface area contributed by atoms with E-state index >= 15 is 0 Å². The van der Waals surface area contributed by atoms with Crippen LogP contribution in [0.15, 0.2) is 24.3 Å². The van der Waals surface area contributed by atoms with E-state index in [2.05, 4.69) is 10.1 Å². The Bertz CT molecular complexity index is 501. The van der Waals surface area contributed by atoms with E-state index in [1.54, 1.807) is 12.1 Å². The van der Waals surface area contributed by atoms with Crippen molar-refractivity contribution in [2.45, 2.75) is 38.6 Å². The van der Waals surface area contributed by atoms with Gasteiger partial charge in [-0.15, -0.1) is 0 Å². The fourth-order valence-corrected chi connectivity index (χ4v) is 2.34. The number of hydrogen-bond acceptors (Lipinski definition) is 3. The second-order valence-corrected chi connectivity index (χ2v) is 5.80. The van der Waals surface area contributed by atoms with E-state index in [9.17, 15) is 9.59 Å².